The largest absolute Gasteiger partial charge is 0.515 e. The molecule has 0 aliphatic carbocycles. The monoisotopic (exact) mass is 276 g/mol. The maximum absolute atomic E-state index is 5.72. The third-order valence-corrected chi connectivity index (χ3v) is 3.82. The molecular formula is C14H21BN2O3. The molecule has 1 aromatic heterocycles. The summed E-state index contributed by atoms with van der Waals surface area (Å²) in [6.45, 7) is 7.25. The second-order valence-electron chi connectivity index (χ2n) is 6.37. The summed E-state index contributed by atoms with van der Waals surface area (Å²) >= 11 is 0. The van der Waals surface area contributed by atoms with Gasteiger partial charge < -0.3 is 14.0 Å². The van der Waals surface area contributed by atoms with Crippen LogP contribution in [0.5, 0.6) is 0 Å². The molecule has 108 valence electrons. The van der Waals surface area contributed by atoms with E-state index >= 15 is 0 Å². The zero-order valence-corrected chi connectivity index (χ0v) is 12.2. The van der Waals surface area contributed by atoms with Crippen molar-refractivity contribution in [3.63, 3.8) is 0 Å². The van der Waals surface area contributed by atoms with E-state index in [1.54, 1.807) is 6.20 Å². The lowest BCUT2D eigenvalue weighted by Gasteiger charge is -2.32. The van der Waals surface area contributed by atoms with Gasteiger partial charge in [-0.05, 0) is 12.8 Å². The molecule has 0 unspecified atom stereocenters. The van der Waals surface area contributed by atoms with Crippen LogP contribution in [0.25, 0.3) is 0 Å². The fraction of sp³-hybridized carbons (Fsp3) is 0.714. The molecule has 3 rings (SSSR count). The minimum atomic E-state index is -0.376. The van der Waals surface area contributed by atoms with Crippen molar-refractivity contribution in [1.29, 1.82) is 0 Å². The topological polar surface area (TPSA) is 53.5 Å². The van der Waals surface area contributed by atoms with Gasteiger partial charge in [0.1, 0.15) is 0 Å². The Bertz CT molecular complexity index is 436. The van der Waals surface area contributed by atoms with E-state index in [1.165, 1.54) is 0 Å². The summed E-state index contributed by atoms with van der Waals surface area (Å²) in [6.07, 6.45) is 5.70. The van der Waals surface area contributed by atoms with E-state index in [0.29, 0.717) is 19.1 Å². The molecule has 0 saturated carbocycles. The first-order valence-corrected chi connectivity index (χ1v) is 7.27. The van der Waals surface area contributed by atoms with Crippen LogP contribution in [0.3, 0.4) is 0 Å². The summed E-state index contributed by atoms with van der Waals surface area (Å²) in [5, 5.41) is 0. The fourth-order valence-electron chi connectivity index (χ4n) is 2.54. The zero-order chi connectivity index (χ0) is 14.0. The Labute approximate surface area is 120 Å². The van der Waals surface area contributed by atoms with Crippen molar-refractivity contribution in [1.82, 2.24) is 9.97 Å². The van der Waals surface area contributed by atoms with Gasteiger partial charge in [0.15, 0.2) is 0 Å². The Morgan fingerprint density at radius 1 is 1.10 bits per heavy atom. The number of hydrogen-bond donors (Lipinski definition) is 0. The third-order valence-electron chi connectivity index (χ3n) is 3.82. The van der Waals surface area contributed by atoms with Crippen molar-refractivity contribution in [3.8, 4) is 0 Å². The van der Waals surface area contributed by atoms with Crippen LogP contribution in [-0.2, 0) is 14.0 Å². The second-order valence-corrected chi connectivity index (χ2v) is 6.37. The normalized spacial score (nSPS) is 23.8. The van der Waals surface area contributed by atoms with Gasteiger partial charge in [0.25, 0.3) is 0 Å². The predicted molar refractivity (Wildman–Crippen MR) is 75.9 cm³/mol. The first-order valence-electron chi connectivity index (χ1n) is 7.27. The van der Waals surface area contributed by atoms with Crippen molar-refractivity contribution in [3.05, 3.63) is 18.1 Å². The highest BCUT2D eigenvalue weighted by Gasteiger charge is 2.34. The van der Waals surface area contributed by atoms with Gasteiger partial charge in [-0.15, -0.1) is 0 Å². The molecule has 3 heterocycles. The van der Waals surface area contributed by atoms with Crippen molar-refractivity contribution in [2.24, 2.45) is 5.41 Å². The maximum Gasteiger partial charge on any atom is 0.515 e. The summed E-state index contributed by atoms with van der Waals surface area (Å²) in [4.78, 5) is 9.01. The van der Waals surface area contributed by atoms with Crippen LogP contribution < -0.4 is 5.59 Å². The lowest BCUT2D eigenvalue weighted by molar-refractivity contribution is 0.0339. The summed E-state index contributed by atoms with van der Waals surface area (Å²) in [5.41, 5.74) is 1.89. The predicted octanol–water partition coefficient (Wildman–Crippen LogP) is 1.14. The van der Waals surface area contributed by atoms with E-state index in [4.69, 9.17) is 14.0 Å². The van der Waals surface area contributed by atoms with E-state index in [-0.39, 0.29) is 12.5 Å². The lowest BCUT2D eigenvalue weighted by atomic mass is 9.80. The van der Waals surface area contributed by atoms with Crippen molar-refractivity contribution in [2.75, 3.05) is 26.4 Å². The van der Waals surface area contributed by atoms with Gasteiger partial charge >= 0.3 is 7.12 Å². The molecule has 2 aliphatic rings. The first-order chi connectivity index (χ1) is 9.64. The smallest absolute Gasteiger partial charge is 0.406 e. The number of aromatic nitrogens is 2. The molecule has 0 spiro atoms. The first kappa shape index (κ1) is 14.0. The molecule has 0 N–H and O–H groups in total. The highest BCUT2D eigenvalue weighted by atomic mass is 16.6. The molecule has 0 bridgehead atoms. The molecule has 0 radical (unpaired) electrons. The molecule has 1 aromatic rings. The average molecular weight is 276 g/mol. The highest BCUT2D eigenvalue weighted by molar-refractivity contribution is 6.60. The molecule has 0 amide bonds. The van der Waals surface area contributed by atoms with E-state index < -0.39 is 0 Å². The van der Waals surface area contributed by atoms with Gasteiger partial charge in [-0.3, -0.25) is 9.97 Å². The van der Waals surface area contributed by atoms with Gasteiger partial charge in [0.2, 0.25) is 0 Å². The summed E-state index contributed by atoms with van der Waals surface area (Å²) < 4.78 is 16.8. The van der Waals surface area contributed by atoms with E-state index in [9.17, 15) is 0 Å². The minimum Gasteiger partial charge on any atom is -0.406 e. The van der Waals surface area contributed by atoms with Crippen molar-refractivity contribution in [2.45, 2.75) is 32.6 Å². The van der Waals surface area contributed by atoms with Gasteiger partial charge in [-0.25, -0.2) is 0 Å². The molecule has 2 saturated heterocycles. The standard InChI is InChI=1S/C14H21BN2O3/c1-14(2)9-19-15(20-10-14)13-8-16-12(7-17-13)11-3-5-18-6-4-11/h7-8,11H,3-6,9-10H2,1-2H3. The summed E-state index contributed by atoms with van der Waals surface area (Å²) in [7, 11) is -0.376. The van der Waals surface area contributed by atoms with E-state index in [2.05, 4.69) is 23.8 Å². The molecule has 2 aliphatic heterocycles. The Morgan fingerprint density at radius 2 is 1.80 bits per heavy atom. The zero-order valence-electron chi connectivity index (χ0n) is 12.2. The number of ether oxygens (including phenoxy) is 1. The molecule has 0 aromatic carbocycles. The minimum absolute atomic E-state index is 0.0754. The van der Waals surface area contributed by atoms with Crippen LogP contribution in [0.15, 0.2) is 12.4 Å². The van der Waals surface area contributed by atoms with Crippen LogP contribution in [-0.4, -0.2) is 43.5 Å². The van der Waals surface area contributed by atoms with Crippen LogP contribution in [0, 0.1) is 5.41 Å². The maximum atomic E-state index is 5.72. The van der Waals surface area contributed by atoms with Gasteiger partial charge in [0, 0.05) is 50.2 Å². The van der Waals surface area contributed by atoms with Crippen LogP contribution in [0.4, 0.5) is 0 Å². The molecule has 2 fully saturated rings. The summed E-state index contributed by atoms with van der Waals surface area (Å²) in [5.74, 6) is 0.470. The van der Waals surface area contributed by atoms with Gasteiger partial charge in [-0.2, -0.15) is 0 Å². The quantitative estimate of drug-likeness (QED) is 0.758. The van der Waals surface area contributed by atoms with Crippen molar-refractivity contribution >= 4 is 12.7 Å². The van der Waals surface area contributed by atoms with Gasteiger partial charge in [-0.1, -0.05) is 13.8 Å². The second kappa shape index (κ2) is 5.80. The third kappa shape index (κ3) is 3.19. The number of rotatable bonds is 2. The number of hydrogen-bond acceptors (Lipinski definition) is 5. The van der Waals surface area contributed by atoms with Crippen LogP contribution in [0.1, 0.15) is 38.3 Å². The highest BCUT2D eigenvalue weighted by Crippen LogP contribution is 2.24. The molecular weight excluding hydrogens is 255 g/mol. The Morgan fingerprint density at radius 3 is 2.40 bits per heavy atom. The molecule has 6 heteroatoms. The summed E-state index contributed by atoms with van der Waals surface area (Å²) in [6, 6.07) is 0. The van der Waals surface area contributed by atoms with Crippen LogP contribution in [0.2, 0.25) is 0 Å². The Balaban J connectivity index is 1.64. The Hall–Kier alpha value is -0.975. The lowest BCUT2D eigenvalue weighted by Crippen LogP contribution is -2.48. The molecule has 5 nitrogen and oxygen atoms in total. The van der Waals surface area contributed by atoms with Crippen molar-refractivity contribution < 1.29 is 14.0 Å². The Kier molecular flexibility index (Phi) is 4.05. The fourth-order valence-corrected chi connectivity index (χ4v) is 2.54. The average Bonchev–Trinajstić information content (AvgIpc) is 2.48. The van der Waals surface area contributed by atoms with E-state index in [0.717, 1.165) is 37.3 Å². The number of nitrogens with zero attached hydrogens (tertiary/aromatic N) is 2. The van der Waals surface area contributed by atoms with Gasteiger partial charge in [0.05, 0.1) is 11.3 Å². The van der Waals surface area contributed by atoms with E-state index in [1.807, 2.05) is 6.20 Å². The van der Waals surface area contributed by atoms with Crippen LogP contribution >= 0.6 is 0 Å². The molecule has 0 atom stereocenters. The SMILES string of the molecule is CC1(C)COB(c2cnc(C3CCOCC3)cn2)OC1. The molecule has 20 heavy (non-hydrogen) atoms.